The monoisotopic (exact) mass is 221 g/mol. The highest BCUT2D eigenvalue weighted by Crippen LogP contribution is 2.18. The molecule has 88 valence electrons. The average Bonchev–Trinajstić information content (AvgIpc) is 2.30. The van der Waals surface area contributed by atoms with Crippen LogP contribution in [0.3, 0.4) is 0 Å². The summed E-state index contributed by atoms with van der Waals surface area (Å²) in [7, 11) is 4.22. The molecule has 1 aliphatic heterocycles. The fraction of sp³-hybridized carbons (Fsp3) is 0.636. The van der Waals surface area contributed by atoms with Crippen LogP contribution in [0.2, 0.25) is 0 Å². The molecular weight excluding hydrogens is 202 g/mol. The molecule has 0 spiro atoms. The lowest BCUT2D eigenvalue weighted by atomic mass is 10.0. The van der Waals surface area contributed by atoms with Gasteiger partial charge in [-0.15, -0.1) is 0 Å². The predicted molar refractivity (Wildman–Crippen MR) is 65.4 cm³/mol. The number of nitrogen functional groups attached to an aromatic ring is 1. The summed E-state index contributed by atoms with van der Waals surface area (Å²) in [5.74, 6) is 0.767. The Morgan fingerprint density at radius 2 is 1.88 bits per heavy atom. The van der Waals surface area contributed by atoms with Crippen molar-refractivity contribution >= 4 is 11.6 Å². The lowest BCUT2D eigenvalue weighted by Gasteiger charge is -2.35. The second-order valence-corrected chi connectivity index (χ2v) is 4.46. The fourth-order valence-corrected chi connectivity index (χ4v) is 2.06. The van der Waals surface area contributed by atoms with E-state index in [1.54, 1.807) is 12.4 Å². The van der Waals surface area contributed by atoms with Gasteiger partial charge in [0.25, 0.3) is 0 Å². The zero-order valence-corrected chi connectivity index (χ0v) is 9.93. The molecule has 1 aliphatic rings. The number of rotatable bonds is 2. The van der Waals surface area contributed by atoms with Crippen molar-refractivity contribution in [1.82, 2.24) is 14.9 Å². The van der Waals surface area contributed by atoms with Gasteiger partial charge in [0, 0.05) is 13.1 Å². The van der Waals surface area contributed by atoms with Crippen molar-refractivity contribution in [3.8, 4) is 0 Å². The first kappa shape index (κ1) is 11.1. The highest BCUT2D eigenvalue weighted by atomic mass is 15.3. The van der Waals surface area contributed by atoms with E-state index in [0.29, 0.717) is 11.7 Å². The van der Waals surface area contributed by atoms with Gasteiger partial charge < -0.3 is 15.5 Å². The van der Waals surface area contributed by atoms with Crippen molar-refractivity contribution in [3.05, 3.63) is 12.4 Å². The number of anilines is 2. The van der Waals surface area contributed by atoms with Crippen LogP contribution in [0.4, 0.5) is 11.6 Å². The number of aromatic nitrogens is 2. The molecule has 2 rings (SSSR count). The third kappa shape index (κ3) is 2.41. The SMILES string of the molecule is CN1CCC(N(C)c2ncc(N)cn2)CC1. The van der Waals surface area contributed by atoms with Gasteiger partial charge in [-0.05, 0) is 33.0 Å². The summed E-state index contributed by atoms with van der Waals surface area (Å²) in [5.41, 5.74) is 6.18. The maximum atomic E-state index is 5.57. The molecule has 0 radical (unpaired) electrons. The van der Waals surface area contributed by atoms with Crippen molar-refractivity contribution in [1.29, 1.82) is 0 Å². The van der Waals surface area contributed by atoms with E-state index < -0.39 is 0 Å². The highest BCUT2D eigenvalue weighted by Gasteiger charge is 2.21. The Kier molecular flexibility index (Phi) is 3.24. The third-order valence-electron chi connectivity index (χ3n) is 3.21. The number of hydrogen-bond donors (Lipinski definition) is 1. The van der Waals surface area contributed by atoms with Crippen LogP contribution in [0.5, 0.6) is 0 Å². The van der Waals surface area contributed by atoms with Crippen molar-refractivity contribution in [2.45, 2.75) is 18.9 Å². The van der Waals surface area contributed by atoms with Crippen LogP contribution in [0.15, 0.2) is 12.4 Å². The molecule has 0 atom stereocenters. The molecule has 0 unspecified atom stereocenters. The van der Waals surface area contributed by atoms with Crippen LogP contribution in [0.25, 0.3) is 0 Å². The number of nitrogens with two attached hydrogens (primary N) is 1. The molecule has 16 heavy (non-hydrogen) atoms. The summed E-state index contributed by atoms with van der Waals surface area (Å²) in [6, 6.07) is 0.542. The first-order valence-corrected chi connectivity index (χ1v) is 5.65. The van der Waals surface area contributed by atoms with Crippen molar-refractivity contribution in [2.24, 2.45) is 0 Å². The topological polar surface area (TPSA) is 58.3 Å². The first-order chi connectivity index (χ1) is 7.66. The second kappa shape index (κ2) is 4.65. The number of hydrogen-bond acceptors (Lipinski definition) is 5. The molecule has 1 saturated heterocycles. The van der Waals surface area contributed by atoms with E-state index in [9.17, 15) is 0 Å². The number of nitrogens with zero attached hydrogens (tertiary/aromatic N) is 4. The minimum atomic E-state index is 0.542. The number of likely N-dealkylation sites (tertiary alicyclic amines) is 1. The fourth-order valence-electron chi connectivity index (χ4n) is 2.06. The van der Waals surface area contributed by atoms with Gasteiger partial charge >= 0.3 is 0 Å². The van der Waals surface area contributed by atoms with Crippen LogP contribution in [-0.2, 0) is 0 Å². The van der Waals surface area contributed by atoms with Gasteiger partial charge in [-0.2, -0.15) is 0 Å². The molecule has 0 aromatic carbocycles. The van der Waals surface area contributed by atoms with Gasteiger partial charge in [0.2, 0.25) is 5.95 Å². The van der Waals surface area contributed by atoms with E-state index in [1.807, 2.05) is 0 Å². The van der Waals surface area contributed by atoms with E-state index >= 15 is 0 Å². The largest absolute Gasteiger partial charge is 0.396 e. The molecule has 2 heterocycles. The second-order valence-electron chi connectivity index (χ2n) is 4.46. The van der Waals surface area contributed by atoms with Gasteiger partial charge in [0.05, 0.1) is 18.1 Å². The van der Waals surface area contributed by atoms with E-state index in [2.05, 4.69) is 33.9 Å². The van der Waals surface area contributed by atoms with Crippen LogP contribution in [0, 0.1) is 0 Å². The average molecular weight is 221 g/mol. The minimum absolute atomic E-state index is 0.542. The van der Waals surface area contributed by atoms with Gasteiger partial charge in [-0.25, -0.2) is 9.97 Å². The molecule has 0 saturated carbocycles. The Morgan fingerprint density at radius 1 is 1.31 bits per heavy atom. The third-order valence-corrected chi connectivity index (χ3v) is 3.21. The van der Waals surface area contributed by atoms with Crippen LogP contribution >= 0.6 is 0 Å². The Labute approximate surface area is 96.3 Å². The van der Waals surface area contributed by atoms with E-state index in [1.165, 1.54) is 12.8 Å². The van der Waals surface area contributed by atoms with E-state index in [0.717, 1.165) is 19.0 Å². The molecule has 0 bridgehead atoms. The standard InChI is InChI=1S/C11H19N5/c1-15-5-3-10(4-6-15)16(2)11-13-7-9(12)8-14-11/h7-8,10H,3-6,12H2,1-2H3. The molecule has 1 fully saturated rings. The summed E-state index contributed by atoms with van der Waals surface area (Å²) in [6.07, 6.45) is 5.66. The molecule has 1 aromatic heterocycles. The zero-order valence-electron chi connectivity index (χ0n) is 9.93. The van der Waals surface area contributed by atoms with Crippen molar-refractivity contribution in [3.63, 3.8) is 0 Å². The predicted octanol–water partition coefficient (Wildman–Crippen LogP) is 0.589. The molecule has 2 N–H and O–H groups in total. The Hall–Kier alpha value is -1.36. The van der Waals surface area contributed by atoms with Crippen LogP contribution < -0.4 is 10.6 Å². The Balaban J connectivity index is 2.01. The normalized spacial score (nSPS) is 18.6. The summed E-state index contributed by atoms with van der Waals surface area (Å²) in [4.78, 5) is 13.0. The summed E-state index contributed by atoms with van der Waals surface area (Å²) in [5, 5.41) is 0. The zero-order chi connectivity index (χ0) is 11.5. The van der Waals surface area contributed by atoms with Crippen molar-refractivity contribution < 1.29 is 0 Å². The molecule has 5 heteroatoms. The van der Waals surface area contributed by atoms with Crippen LogP contribution in [-0.4, -0.2) is 48.1 Å². The molecule has 1 aromatic rings. The Bertz CT molecular complexity index is 329. The Morgan fingerprint density at radius 3 is 2.44 bits per heavy atom. The van der Waals surface area contributed by atoms with Gasteiger partial charge in [0.1, 0.15) is 0 Å². The molecule has 5 nitrogen and oxygen atoms in total. The van der Waals surface area contributed by atoms with Gasteiger partial charge in [-0.1, -0.05) is 0 Å². The minimum Gasteiger partial charge on any atom is -0.396 e. The van der Waals surface area contributed by atoms with E-state index in [-0.39, 0.29) is 0 Å². The smallest absolute Gasteiger partial charge is 0.225 e. The first-order valence-electron chi connectivity index (χ1n) is 5.65. The molecule has 0 aliphatic carbocycles. The quantitative estimate of drug-likeness (QED) is 0.792. The maximum Gasteiger partial charge on any atom is 0.225 e. The molecular formula is C11H19N5. The lowest BCUT2D eigenvalue weighted by molar-refractivity contribution is 0.252. The van der Waals surface area contributed by atoms with Gasteiger partial charge in [-0.3, -0.25) is 0 Å². The summed E-state index contributed by atoms with van der Waals surface area (Å²) < 4.78 is 0. The van der Waals surface area contributed by atoms with Crippen LogP contribution in [0.1, 0.15) is 12.8 Å². The van der Waals surface area contributed by atoms with Gasteiger partial charge in [0.15, 0.2) is 0 Å². The molecule has 0 amide bonds. The van der Waals surface area contributed by atoms with Crippen molar-refractivity contribution in [2.75, 3.05) is 37.8 Å². The lowest BCUT2D eigenvalue weighted by Crippen LogP contribution is -2.42. The highest BCUT2D eigenvalue weighted by molar-refractivity contribution is 5.38. The van der Waals surface area contributed by atoms with E-state index in [4.69, 9.17) is 5.73 Å². The summed E-state index contributed by atoms with van der Waals surface area (Å²) in [6.45, 7) is 2.29. The maximum absolute atomic E-state index is 5.57. The summed E-state index contributed by atoms with van der Waals surface area (Å²) >= 11 is 0. The number of piperidine rings is 1.